The van der Waals surface area contributed by atoms with Gasteiger partial charge in [0.05, 0.1) is 15.1 Å². The fraction of sp³-hybridized carbons (Fsp3) is 0. The lowest BCUT2D eigenvalue weighted by Gasteiger charge is -2.18. The molecular formula is C48H30O. The normalized spacial score (nSPS) is 14.8. The van der Waals surface area contributed by atoms with E-state index in [1.165, 1.54) is 5.56 Å². The summed E-state index contributed by atoms with van der Waals surface area (Å²) < 4.78 is 102. The molecule has 0 N–H and O–H groups in total. The van der Waals surface area contributed by atoms with Crippen LogP contribution in [0.25, 0.3) is 98.8 Å². The fourth-order valence-electron chi connectivity index (χ4n) is 7.08. The van der Waals surface area contributed by atoms with Gasteiger partial charge >= 0.3 is 0 Å². The second kappa shape index (κ2) is 11.1. The Bertz CT molecular complexity index is 3420. The summed E-state index contributed by atoms with van der Waals surface area (Å²) >= 11 is 0. The van der Waals surface area contributed by atoms with Crippen LogP contribution in [0, 0.1) is 0 Å². The molecule has 1 heteroatoms. The molecule has 228 valence electrons. The van der Waals surface area contributed by atoms with Crippen molar-refractivity contribution in [3.05, 3.63) is 182 Å². The van der Waals surface area contributed by atoms with Gasteiger partial charge in [-0.25, -0.2) is 0 Å². The molecule has 1 nitrogen and oxygen atoms in total. The summed E-state index contributed by atoms with van der Waals surface area (Å²) in [6, 6.07) is 33.1. The van der Waals surface area contributed by atoms with E-state index in [4.69, 9.17) is 18.1 Å². The molecule has 0 fully saturated rings. The molecule has 9 aromatic carbocycles. The molecule has 0 spiro atoms. The predicted molar refractivity (Wildman–Crippen MR) is 208 cm³/mol. The third-order valence-electron chi connectivity index (χ3n) is 9.23. The molecule has 49 heavy (non-hydrogen) atoms. The lowest BCUT2D eigenvalue weighted by molar-refractivity contribution is 0.669. The monoisotopic (exact) mass is 633 g/mol. The van der Waals surface area contributed by atoms with Crippen LogP contribution in [0.2, 0.25) is 0 Å². The van der Waals surface area contributed by atoms with Crippen molar-refractivity contribution in [1.29, 1.82) is 0 Å². The van der Waals surface area contributed by atoms with Crippen LogP contribution in [0.5, 0.6) is 0 Å². The Morgan fingerprint density at radius 1 is 0.388 bits per heavy atom. The van der Waals surface area contributed by atoms with Crippen molar-refractivity contribution in [3.8, 4) is 44.5 Å². The molecule has 0 aliphatic heterocycles. The highest BCUT2D eigenvalue weighted by atomic mass is 16.3. The van der Waals surface area contributed by atoms with Gasteiger partial charge in [0.2, 0.25) is 0 Å². The van der Waals surface area contributed by atoms with Crippen LogP contribution >= 0.6 is 0 Å². The van der Waals surface area contributed by atoms with Gasteiger partial charge in [0.15, 0.2) is 0 Å². The highest BCUT2D eigenvalue weighted by molar-refractivity contribution is 6.22. The Morgan fingerprint density at radius 3 is 1.69 bits per heavy atom. The average Bonchev–Trinajstić information content (AvgIpc) is 3.67. The van der Waals surface area contributed by atoms with Crippen molar-refractivity contribution in [1.82, 2.24) is 0 Å². The Morgan fingerprint density at radius 2 is 1.00 bits per heavy atom. The maximum Gasteiger partial charge on any atom is 0.136 e. The van der Waals surface area contributed by atoms with Crippen LogP contribution in [-0.4, -0.2) is 0 Å². The quantitative estimate of drug-likeness (QED) is 0.176. The van der Waals surface area contributed by atoms with Crippen molar-refractivity contribution < 1.29 is 19.5 Å². The summed E-state index contributed by atoms with van der Waals surface area (Å²) in [7, 11) is 0. The van der Waals surface area contributed by atoms with Crippen LogP contribution < -0.4 is 0 Å². The van der Waals surface area contributed by atoms with E-state index in [0.717, 1.165) is 49.0 Å². The van der Waals surface area contributed by atoms with Crippen LogP contribution in [-0.2, 0) is 0 Å². The molecular weight excluding hydrogens is 593 g/mol. The van der Waals surface area contributed by atoms with Crippen LogP contribution in [0.15, 0.2) is 186 Å². The second-order valence-electron chi connectivity index (χ2n) is 12.0. The summed E-state index contributed by atoms with van der Waals surface area (Å²) in [6.07, 6.45) is 0. The molecule has 0 unspecified atom stereocenters. The van der Waals surface area contributed by atoms with Gasteiger partial charge in [0.25, 0.3) is 0 Å². The van der Waals surface area contributed by atoms with Gasteiger partial charge in [-0.3, -0.25) is 0 Å². The Kier molecular flexibility index (Phi) is 4.25. The van der Waals surface area contributed by atoms with Gasteiger partial charge in [0, 0.05) is 10.8 Å². The first kappa shape index (κ1) is 18.8. The second-order valence-corrected chi connectivity index (χ2v) is 12.0. The van der Waals surface area contributed by atoms with E-state index >= 15 is 0 Å². The predicted octanol–water partition coefficient (Wildman–Crippen LogP) is 13.7. The van der Waals surface area contributed by atoms with Crippen LogP contribution in [0.4, 0.5) is 0 Å². The smallest absolute Gasteiger partial charge is 0.136 e. The van der Waals surface area contributed by atoms with E-state index < -0.39 is 66.0 Å². The maximum absolute atomic E-state index is 9.18. The number of furan rings is 1. The summed E-state index contributed by atoms with van der Waals surface area (Å²) in [5.41, 5.74) is 3.89. The summed E-state index contributed by atoms with van der Waals surface area (Å²) in [4.78, 5) is 0. The largest absolute Gasteiger partial charge is 0.456 e. The average molecular weight is 634 g/mol. The van der Waals surface area contributed by atoms with Crippen molar-refractivity contribution in [3.63, 3.8) is 0 Å². The van der Waals surface area contributed by atoms with Crippen LogP contribution in [0.1, 0.15) is 15.1 Å². The van der Waals surface area contributed by atoms with E-state index in [1.807, 2.05) is 30.3 Å². The standard InChI is InChI=1S/C48H30O/c1-3-12-31(13-4-1)35-26-27-43-45(30-35)49-44-21-11-20-38(48(43)44)36-24-22-34-29-37(25-23-33(34)28-36)47-41-18-9-7-16-39(41)46(32-14-5-2-6-15-32)40-17-8-10-19-42(40)47/h1-30H/i1D,3D,4D,11D,12D,13D,20D,21D,26D,27D,30D. The molecule has 0 aliphatic carbocycles. The van der Waals surface area contributed by atoms with Gasteiger partial charge in [-0.05, 0) is 107 Å². The lowest BCUT2D eigenvalue weighted by atomic mass is 9.85. The molecule has 0 amide bonds. The van der Waals surface area contributed by atoms with Crippen molar-refractivity contribution in [2.24, 2.45) is 0 Å². The lowest BCUT2D eigenvalue weighted by Crippen LogP contribution is -1.90. The SMILES string of the molecule is [2H]c1c([2H])c([2H])c(-c2c([2H])c([2H])c3c(oc4c([2H])c([2H])c([2H])c(-c5ccc6cc(-c7c8ccccc8c(-c8ccccc8)c8ccccc78)ccc6c5)c43)c2[2H])c([2H])c1[2H]. The molecule has 1 heterocycles. The maximum atomic E-state index is 9.18. The van der Waals surface area contributed by atoms with E-state index in [1.54, 1.807) is 0 Å². The number of rotatable bonds is 4. The first-order valence-corrected chi connectivity index (χ1v) is 15.9. The summed E-state index contributed by atoms with van der Waals surface area (Å²) in [5.74, 6) is 0. The molecule has 1 aromatic heterocycles. The molecule has 0 atom stereocenters. The number of fused-ring (bicyclic) bond motifs is 6. The van der Waals surface area contributed by atoms with Gasteiger partial charge < -0.3 is 4.42 Å². The van der Waals surface area contributed by atoms with Gasteiger partial charge in [0.1, 0.15) is 11.2 Å². The number of hydrogen-bond donors (Lipinski definition) is 0. The van der Waals surface area contributed by atoms with Gasteiger partial charge in [-0.1, -0.05) is 151 Å². The molecule has 0 radical (unpaired) electrons. The van der Waals surface area contributed by atoms with E-state index in [0.29, 0.717) is 5.56 Å². The highest BCUT2D eigenvalue weighted by Gasteiger charge is 2.17. The molecule has 10 rings (SSSR count). The zero-order chi connectivity index (χ0) is 41.9. The zero-order valence-electron chi connectivity index (χ0n) is 36.9. The van der Waals surface area contributed by atoms with Crippen molar-refractivity contribution in [2.75, 3.05) is 0 Å². The van der Waals surface area contributed by atoms with Crippen molar-refractivity contribution in [2.45, 2.75) is 0 Å². The highest BCUT2D eigenvalue weighted by Crippen LogP contribution is 2.44. The Labute approximate surface area is 299 Å². The Hall–Kier alpha value is -6.44. The zero-order valence-corrected chi connectivity index (χ0v) is 25.9. The number of benzene rings is 9. The summed E-state index contributed by atoms with van der Waals surface area (Å²) in [6.45, 7) is 0. The topological polar surface area (TPSA) is 13.1 Å². The molecule has 0 saturated carbocycles. The first-order valence-electron chi connectivity index (χ1n) is 21.4. The first-order chi connectivity index (χ1) is 28.9. The molecule has 0 bridgehead atoms. The van der Waals surface area contributed by atoms with E-state index in [9.17, 15) is 1.37 Å². The third kappa shape index (κ3) is 4.47. The molecule has 0 aliphatic rings. The van der Waals surface area contributed by atoms with E-state index in [-0.39, 0.29) is 39.1 Å². The van der Waals surface area contributed by atoms with E-state index in [2.05, 4.69) is 84.9 Å². The minimum atomic E-state index is -0.652. The minimum Gasteiger partial charge on any atom is -0.456 e. The van der Waals surface area contributed by atoms with Gasteiger partial charge in [-0.15, -0.1) is 0 Å². The summed E-state index contributed by atoms with van der Waals surface area (Å²) in [5, 5.41) is 6.30. The third-order valence-corrected chi connectivity index (χ3v) is 9.23. The van der Waals surface area contributed by atoms with Gasteiger partial charge in [-0.2, -0.15) is 0 Å². The number of hydrogen-bond acceptors (Lipinski definition) is 1. The van der Waals surface area contributed by atoms with Crippen molar-refractivity contribution >= 4 is 54.3 Å². The minimum absolute atomic E-state index is 0.0405. The fourth-order valence-corrected chi connectivity index (χ4v) is 7.08. The molecule has 10 aromatic rings. The Balaban J connectivity index is 1.18. The molecule has 0 saturated heterocycles. The van der Waals surface area contributed by atoms with Crippen LogP contribution in [0.3, 0.4) is 0 Å².